The molecule has 0 saturated carbocycles. The molecule has 1 aromatic carbocycles. The second-order valence-corrected chi connectivity index (χ2v) is 7.67. The molecule has 9 heteroatoms. The number of imidazole rings is 1. The normalized spacial score (nSPS) is 14.4. The van der Waals surface area contributed by atoms with Crippen LogP contribution in [0, 0.1) is 0 Å². The van der Waals surface area contributed by atoms with Crippen molar-refractivity contribution in [2.45, 2.75) is 12.3 Å². The Balaban J connectivity index is 1.42. The first kappa shape index (κ1) is 19.4. The first-order valence-electron chi connectivity index (χ1n) is 9.43. The molecule has 0 bridgehead atoms. The lowest BCUT2D eigenvalue weighted by Gasteiger charge is -2.34. The first-order valence-corrected chi connectivity index (χ1v) is 10.8. The minimum atomic E-state index is -0.145. The van der Waals surface area contributed by atoms with Crippen LogP contribution in [-0.4, -0.2) is 73.6 Å². The van der Waals surface area contributed by atoms with Crippen molar-refractivity contribution in [3.63, 3.8) is 0 Å². The van der Waals surface area contributed by atoms with E-state index >= 15 is 0 Å². The largest absolute Gasteiger partial charge is 0.338 e. The van der Waals surface area contributed by atoms with E-state index in [9.17, 15) is 9.59 Å². The molecule has 0 spiro atoms. The van der Waals surface area contributed by atoms with E-state index in [-0.39, 0.29) is 18.4 Å². The van der Waals surface area contributed by atoms with Crippen LogP contribution in [0.2, 0.25) is 0 Å². The molecule has 150 valence electrons. The second kappa shape index (κ2) is 8.60. The maximum atomic E-state index is 13.0. The maximum Gasteiger partial charge on any atom is 0.274 e. The van der Waals surface area contributed by atoms with Gasteiger partial charge >= 0.3 is 0 Å². The molecule has 0 atom stereocenters. The van der Waals surface area contributed by atoms with Gasteiger partial charge in [0.15, 0.2) is 0 Å². The molecule has 3 heterocycles. The topological polar surface area (TPSA) is 84.2 Å². The number of carbonyl (C=O) groups excluding carboxylic acids is 2. The van der Waals surface area contributed by atoms with Gasteiger partial charge in [-0.2, -0.15) is 11.8 Å². The number of para-hydroxylation sites is 2. The lowest BCUT2D eigenvalue weighted by atomic mass is 10.2. The molecule has 1 aliphatic heterocycles. The van der Waals surface area contributed by atoms with Crippen molar-refractivity contribution in [2.75, 3.05) is 32.4 Å². The van der Waals surface area contributed by atoms with Crippen molar-refractivity contribution >= 4 is 34.6 Å². The van der Waals surface area contributed by atoms with Crippen molar-refractivity contribution in [2.24, 2.45) is 0 Å². The van der Waals surface area contributed by atoms with Crippen molar-refractivity contribution in [3.8, 4) is 0 Å². The summed E-state index contributed by atoms with van der Waals surface area (Å²) in [5.41, 5.74) is 2.21. The van der Waals surface area contributed by atoms with Crippen LogP contribution in [0.25, 0.3) is 11.0 Å². The fourth-order valence-corrected chi connectivity index (χ4v) is 3.99. The third-order valence-electron chi connectivity index (χ3n) is 5.00. The van der Waals surface area contributed by atoms with Gasteiger partial charge < -0.3 is 14.4 Å². The van der Waals surface area contributed by atoms with Crippen LogP contribution in [0.4, 0.5) is 0 Å². The van der Waals surface area contributed by atoms with Gasteiger partial charge in [0.05, 0.1) is 23.0 Å². The molecule has 2 aromatic heterocycles. The molecule has 29 heavy (non-hydrogen) atoms. The summed E-state index contributed by atoms with van der Waals surface area (Å²) in [5.74, 6) is 1.56. The third-order valence-corrected chi connectivity index (χ3v) is 5.55. The first-order chi connectivity index (χ1) is 14.2. The average Bonchev–Trinajstić information content (AvgIpc) is 3.11. The monoisotopic (exact) mass is 410 g/mol. The zero-order valence-electron chi connectivity index (χ0n) is 16.2. The second-order valence-electron chi connectivity index (χ2n) is 6.80. The molecular weight excluding hydrogens is 388 g/mol. The summed E-state index contributed by atoms with van der Waals surface area (Å²) in [4.78, 5) is 41.7. The predicted octanol–water partition coefficient (Wildman–Crippen LogP) is 1.67. The van der Waals surface area contributed by atoms with Crippen LogP contribution in [0.5, 0.6) is 0 Å². The van der Waals surface area contributed by atoms with Crippen LogP contribution in [-0.2, 0) is 17.1 Å². The van der Waals surface area contributed by atoms with Gasteiger partial charge in [0.25, 0.3) is 5.91 Å². The van der Waals surface area contributed by atoms with E-state index in [1.165, 1.54) is 12.4 Å². The molecule has 8 nitrogen and oxygen atoms in total. The molecule has 3 aromatic rings. The lowest BCUT2D eigenvalue weighted by Crippen LogP contribution is -2.51. The molecule has 2 amide bonds. The number of hydrogen-bond acceptors (Lipinski definition) is 6. The van der Waals surface area contributed by atoms with Gasteiger partial charge in [0.2, 0.25) is 5.91 Å². The smallest absolute Gasteiger partial charge is 0.274 e. The SMILES string of the molecule is CSCc1nc2ccccc2n1CC(=O)N1CCN(C(=O)c2cnccn2)CC1. The highest BCUT2D eigenvalue weighted by Gasteiger charge is 2.26. The summed E-state index contributed by atoms with van der Waals surface area (Å²) in [6.07, 6.45) is 6.54. The quantitative estimate of drug-likeness (QED) is 0.636. The van der Waals surface area contributed by atoms with Crippen LogP contribution in [0.15, 0.2) is 42.9 Å². The van der Waals surface area contributed by atoms with E-state index in [1.54, 1.807) is 22.9 Å². The Hall–Kier alpha value is -2.94. The van der Waals surface area contributed by atoms with Crippen molar-refractivity contribution < 1.29 is 9.59 Å². The van der Waals surface area contributed by atoms with Gasteiger partial charge in [0.1, 0.15) is 18.1 Å². The zero-order valence-corrected chi connectivity index (χ0v) is 17.0. The summed E-state index contributed by atoms with van der Waals surface area (Å²) in [6, 6.07) is 7.89. The van der Waals surface area contributed by atoms with E-state index in [0.717, 1.165) is 22.6 Å². The summed E-state index contributed by atoms with van der Waals surface area (Å²) < 4.78 is 2.01. The molecule has 1 aliphatic rings. The summed E-state index contributed by atoms with van der Waals surface area (Å²) in [6.45, 7) is 2.26. The van der Waals surface area contributed by atoms with E-state index < -0.39 is 0 Å². The summed E-state index contributed by atoms with van der Waals surface area (Å²) >= 11 is 1.68. The van der Waals surface area contributed by atoms with Gasteiger partial charge in [-0.15, -0.1) is 0 Å². The Labute approximate surface area is 172 Å². The Morgan fingerprint density at radius 3 is 2.55 bits per heavy atom. The Bertz CT molecular complexity index is 1010. The third kappa shape index (κ3) is 4.09. The number of nitrogens with zero attached hydrogens (tertiary/aromatic N) is 6. The standard InChI is InChI=1S/C20H22N6O2S/c1-29-14-18-23-15-4-2-3-5-17(15)26(18)13-19(27)24-8-10-25(11-9-24)20(28)16-12-21-6-7-22-16/h2-7,12H,8-11,13-14H2,1H3. The molecule has 0 aliphatic carbocycles. The van der Waals surface area contributed by atoms with Crippen LogP contribution in [0.1, 0.15) is 16.3 Å². The molecule has 1 saturated heterocycles. The number of carbonyl (C=O) groups is 2. The molecule has 0 unspecified atom stereocenters. The number of piperazine rings is 1. The number of hydrogen-bond donors (Lipinski definition) is 0. The van der Waals surface area contributed by atoms with Crippen LogP contribution in [0.3, 0.4) is 0 Å². The number of aromatic nitrogens is 4. The minimum Gasteiger partial charge on any atom is -0.338 e. The molecule has 0 radical (unpaired) electrons. The van der Waals surface area contributed by atoms with Crippen molar-refractivity contribution in [3.05, 3.63) is 54.4 Å². The Morgan fingerprint density at radius 2 is 1.83 bits per heavy atom. The minimum absolute atomic E-state index is 0.0436. The van der Waals surface area contributed by atoms with Gasteiger partial charge in [-0.1, -0.05) is 12.1 Å². The number of thioether (sulfide) groups is 1. The van der Waals surface area contributed by atoms with Crippen molar-refractivity contribution in [1.29, 1.82) is 0 Å². The molecule has 4 rings (SSSR count). The predicted molar refractivity (Wildman–Crippen MR) is 111 cm³/mol. The van der Waals surface area contributed by atoms with Gasteiger partial charge in [-0.05, 0) is 18.4 Å². The number of rotatable bonds is 5. The molecule has 0 N–H and O–H groups in total. The van der Waals surface area contributed by atoms with Crippen molar-refractivity contribution in [1.82, 2.24) is 29.3 Å². The van der Waals surface area contributed by atoms with E-state index in [0.29, 0.717) is 31.9 Å². The number of amides is 2. The number of benzene rings is 1. The van der Waals surface area contributed by atoms with Gasteiger partial charge in [0, 0.05) is 38.6 Å². The van der Waals surface area contributed by atoms with E-state index in [4.69, 9.17) is 0 Å². The maximum absolute atomic E-state index is 13.0. The highest BCUT2D eigenvalue weighted by Crippen LogP contribution is 2.19. The summed E-state index contributed by atoms with van der Waals surface area (Å²) in [7, 11) is 0. The average molecular weight is 411 g/mol. The fourth-order valence-electron chi connectivity index (χ4n) is 3.51. The fraction of sp³-hybridized carbons (Fsp3) is 0.350. The number of fused-ring (bicyclic) bond motifs is 1. The van der Waals surface area contributed by atoms with Gasteiger partial charge in [-0.3, -0.25) is 14.6 Å². The zero-order chi connectivity index (χ0) is 20.2. The lowest BCUT2D eigenvalue weighted by molar-refractivity contribution is -0.133. The van der Waals surface area contributed by atoms with E-state index in [2.05, 4.69) is 15.0 Å². The van der Waals surface area contributed by atoms with Crippen LogP contribution >= 0.6 is 11.8 Å². The Kier molecular flexibility index (Phi) is 5.75. The highest BCUT2D eigenvalue weighted by atomic mass is 32.2. The van der Waals surface area contributed by atoms with Crippen LogP contribution < -0.4 is 0 Å². The van der Waals surface area contributed by atoms with E-state index in [1.807, 2.05) is 40.0 Å². The molecule has 1 fully saturated rings. The van der Waals surface area contributed by atoms with Gasteiger partial charge in [-0.25, -0.2) is 9.97 Å². The highest BCUT2D eigenvalue weighted by molar-refractivity contribution is 7.97. The molecular formula is C20H22N6O2S. The summed E-state index contributed by atoms with van der Waals surface area (Å²) in [5, 5.41) is 0. The Morgan fingerprint density at radius 1 is 1.07 bits per heavy atom.